The fourth-order valence-corrected chi connectivity index (χ4v) is 23.7. The molecule has 6 aromatic heterocycles. The molecule has 10 heterocycles. The number of fused-ring (bicyclic) bond motifs is 8. The first-order valence-corrected chi connectivity index (χ1v) is 52.6. The zero-order valence-electron chi connectivity index (χ0n) is 88.2. The maximum Gasteiger partial charge on any atom is 0.347 e. The van der Waals surface area contributed by atoms with Crippen LogP contribution in [-0.2, 0) is 57.2 Å². The Morgan fingerprint density at radius 1 is 0.409 bits per heavy atom. The van der Waals surface area contributed by atoms with Gasteiger partial charge < -0.3 is 72.6 Å². The second-order valence-corrected chi connectivity index (χ2v) is 43.1. The van der Waals surface area contributed by atoms with Gasteiger partial charge in [0, 0.05) is 228 Å². The lowest BCUT2D eigenvalue weighted by molar-refractivity contribution is -0.114. The average molecular weight is 2020 g/mol. The normalized spacial score (nSPS) is 16.9. The van der Waals surface area contributed by atoms with Crippen LogP contribution >= 0.6 is 11.3 Å². The van der Waals surface area contributed by atoms with Crippen LogP contribution in [0.2, 0.25) is 0 Å². The molecule has 23 rings (SSSR count). The van der Waals surface area contributed by atoms with Gasteiger partial charge in [-0.25, -0.2) is 24.1 Å². The number of allylic oxidation sites excluding steroid dienone is 8. The molecule has 10 aromatic carbocycles. The van der Waals surface area contributed by atoms with Crippen LogP contribution < -0.4 is 56.9 Å². The Bertz CT molecular complexity index is 8740. The van der Waals surface area contributed by atoms with Crippen LogP contribution in [0.25, 0.3) is 125 Å². The summed E-state index contributed by atoms with van der Waals surface area (Å²) in [5.74, 6) is -0.726. The molecule has 0 spiro atoms. The highest BCUT2D eigenvalue weighted by molar-refractivity contribution is 7.21. The van der Waals surface area contributed by atoms with Crippen molar-refractivity contribution in [1.29, 1.82) is 0 Å². The van der Waals surface area contributed by atoms with Gasteiger partial charge in [-0.2, -0.15) is 0 Å². The van der Waals surface area contributed by atoms with Crippen molar-refractivity contribution in [3.63, 3.8) is 0 Å². The topological polar surface area (TPSA) is 307 Å². The van der Waals surface area contributed by atoms with Gasteiger partial charge in [0.2, 0.25) is 16.9 Å². The van der Waals surface area contributed by atoms with Gasteiger partial charge in [-0.3, -0.25) is 24.0 Å². The van der Waals surface area contributed by atoms with E-state index >= 15 is 0 Å². The van der Waals surface area contributed by atoms with E-state index < -0.39 is 5.78 Å². The number of hydrogen-bond acceptors (Lipinski definition) is 22. The number of carbonyl (C=O) groups is 3. The number of para-hydroxylation sites is 5. The minimum atomic E-state index is -0.439. The number of benzene rings is 10. The molecule has 0 amide bonds. The van der Waals surface area contributed by atoms with Gasteiger partial charge in [0.1, 0.15) is 69.4 Å². The summed E-state index contributed by atoms with van der Waals surface area (Å²) in [6.07, 6.45) is 8.63. The van der Waals surface area contributed by atoms with Crippen molar-refractivity contribution >= 4 is 155 Å². The molecule has 0 saturated carbocycles. The number of aliphatic hydroxyl groups is 2. The summed E-state index contributed by atoms with van der Waals surface area (Å²) in [6, 6.07) is 59.2. The number of phenolic OH excluding ortho intramolecular Hbond substituents is 3. The Kier molecular flexibility index (Phi) is 27.0. The molecule has 0 radical (unpaired) electrons. The maximum absolute atomic E-state index is 14.1. The van der Waals surface area contributed by atoms with Crippen LogP contribution in [0.4, 0.5) is 22.7 Å². The summed E-state index contributed by atoms with van der Waals surface area (Å²) in [7, 11) is 5.78. The second-order valence-electron chi connectivity index (χ2n) is 42.0. The minimum Gasteiger partial charge on any atom is -0.507 e. The molecule has 0 bridgehead atoms. The van der Waals surface area contributed by atoms with Crippen molar-refractivity contribution < 1.29 is 48.8 Å². The summed E-state index contributed by atoms with van der Waals surface area (Å²) in [4.78, 5) is 111. The molecule has 7 aliphatic rings. The number of aliphatic hydroxyl groups excluding tert-OH is 2. The van der Waals surface area contributed by atoms with E-state index in [0.29, 0.717) is 65.5 Å². The largest absolute Gasteiger partial charge is 0.507 e. The van der Waals surface area contributed by atoms with Crippen LogP contribution in [0.15, 0.2) is 263 Å². The molecular weight excluding hydrogens is 1890 g/mol. The van der Waals surface area contributed by atoms with E-state index in [1.807, 2.05) is 231 Å². The Labute approximate surface area is 867 Å². The Hall–Kier alpha value is -15.7. The van der Waals surface area contributed by atoms with Crippen molar-refractivity contribution in [1.82, 2.24) is 33.1 Å². The van der Waals surface area contributed by atoms with Crippen molar-refractivity contribution in [2.75, 3.05) is 98.1 Å². The Balaban J connectivity index is 0.000000119. The van der Waals surface area contributed by atoms with Gasteiger partial charge in [-0.1, -0.05) is 104 Å². The average Bonchev–Trinajstić information content (AvgIpc) is 1.67. The molecule has 25 nitrogen and oxygen atoms in total. The van der Waals surface area contributed by atoms with E-state index in [2.05, 4.69) is 129 Å². The number of rotatable bonds is 16. The van der Waals surface area contributed by atoms with Crippen molar-refractivity contribution in [3.8, 4) is 39.2 Å². The lowest BCUT2D eigenvalue weighted by Crippen LogP contribution is -2.53. The number of likely N-dealkylation sites (N-methyl/N-ethyl adjacent to an activating group) is 1. The number of aromatic hydroxyl groups is 3. The number of Topliss-reactive ketones (excluding diaryl/α,β-unsaturated/α-hetero) is 2. The quantitative estimate of drug-likeness (QED) is 0.0260. The summed E-state index contributed by atoms with van der Waals surface area (Å²) in [5.41, 5.74) is 16.7. The Morgan fingerprint density at radius 2 is 0.886 bits per heavy atom. The van der Waals surface area contributed by atoms with Gasteiger partial charge in [0.05, 0.1) is 76.7 Å². The third-order valence-corrected chi connectivity index (χ3v) is 32.8. The van der Waals surface area contributed by atoms with E-state index in [-0.39, 0.29) is 118 Å². The second kappa shape index (κ2) is 39.5. The molecule has 0 unspecified atom stereocenters. The fourth-order valence-electron chi connectivity index (χ4n) is 22.8. The van der Waals surface area contributed by atoms with Crippen LogP contribution in [0.5, 0.6) is 17.2 Å². The number of aryl methyl sites for hydroxylation is 3. The molecule has 0 atom stereocenters. The molecule has 149 heavy (non-hydrogen) atoms. The van der Waals surface area contributed by atoms with Gasteiger partial charge >= 0.3 is 11.3 Å². The highest BCUT2D eigenvalue weighted by Gasteiger charge is 2.49. The standard InChI is InChI=1S/C36H44N2O4.C24H28N2O4.C22H16N2O2.C21H21N3O2.C20H18N2O2S/c1-33(2)9-13-37-15-11-35(5,6)25-27(37)21(33)17-19(29(25)39)23-31(41)24(32(23)42)20-18-22-28-26(30(20)40)36(7,8)12-16-38(28)14-10-34(22,3)4;1-5-25(6-2)15-9-11-17(19(27)13-15)21-23(29)22(24(21)30)18-12-10-16(14-20(18)28)26(7-3)8-4;1-23-17-9-5-3-7-13(17)21(25)15-12-20-16(11-19(15)23)22(26)14-8-4-6-10-18(14)24(20)2;1-4-24(5-2)15-11-10-14-12-16(21(25)26-19(14)13-15)20-22-17-8-6-7-9-18(17)23(20)3;1-3-22(4-2)14-10-9-13-11-15(20(23)24-17(13)12-14)19-21-16-7-5-6-8-18(16)25-19/h17-18H,9-16H2,1-8H3,(H2,39,40,41,42);9-14,27,29H,5-8H2,1-4H3;3-12H,1-2H3;6-13H,4-5H2,1-3H3;5-12H,3-4H2,1-2H3/p+1. The van der Waals surface area contributed by atoms with Crippen molar-refractivity contribution in [2.45, 2.75) is 158 Å². The van der Waals surface area contributed by atoms with Crippen molar-refractivity contribution in [2.24, 2.45) is 21.1 Å². The van der Waals surface area contributed by atoms with E-state index in [1.54, 1.807) is 24.3 Å². The summed E-state index contributed by atoms with van der Waals surface area (Å²) < 4.78 is 20.6. The zero-order valence-corrected chi connectivity index (χ0v) is 89.0. The third kappa shape index (κ3) is 17.7. The number of carbonyl (C=O) groups excluding carboxylic acids is 3. The predicted molar refractivity (Wildman–Crippen MR) is 603 cm³/mol. The van der Waals surface area contributed by atoms with E-state index in [9.17, 15) is 59.1 Å². The van der Waals surface area contributed by atoms with E-state index in [1.165, 1.54) is 17.4 Å². The number of ketones is 3. The number of pyridine rings is 2. The first-order valence-electron chi connectivity index (χ1n) is 51.8. The molecule has 26 heteroatoms. The highest BCUT2D eigenvalue weighted by atomic mass is 32.1. The summed E-state index contributed by atoms with van der Waals surface area (Å²) in [5, 5.41) is 63.0. The number of phenols is 3. The fraction of sp³-hybridized carbons (Fsp3) is 0.317. The number of nitrogens with zero attached hydrogens (tertiary/aromatic N) is 11. The zero-order chi connectivity index (χ0) is 106. The lowest BCUT2D eigenvalue weighted by Gasteiger charge is -2.48. The molecule has 5 N–H and O–H groups in total. The van der Waals surface area contributed by atoms with E-state index in [0.717, 1.165) is 214 Å². The van der Waals surface area contributed by atoms with Crippen LogP contribution in [0.1, 0.15) is 170 Å². The number of aromatic nitrogens is 5. The van der Waals surface area contributed by atoms with Crippen molar-refractivity contribution in [3.05, 3.63) is 320 Å². The van der Waals surface area contributed by atoms with E-state index in [4.69, 9.17) is 8.83 Å². The molecule has 764 valence electrons. The minimum absolute atomic E-state index is 0.00351. The SMILES string of the molecule is CC1(C)CCN2CCC(C)(C)c3c(O)c(C4=C(O)/C(=c5\cc6c7c(c5O)C(C)(C)CC[N+]=7CCC6(C)C)C4=O)cc1c32.CCN(CC)C1=CC(=O)C(=C2C(=O)C(c3ccc(N(CC)CC)cc3O)=C2O)C=C1.CCN(CC)c1ccc2cc(-c3nc4ccccc4n3C)c(=O)oc2c1.CCN(CC)c1ccc2cc(-c3nc4ccccc4s3)c(=O)oc2c1.Cn1c2ccccc2c(=O)c2cc3c(cc21)c(=O)c1ccccc1n3C. The number of thiazole rings is 1. The molecular formula is C123H128N11O14S+. The maximum atomic E-state index is 14.1. The number of anilines is 4. The first-order chi connectivity index (χ1) is 71.2. The lowest BCUT2D eigenvalue weighted by atomic mass is 9.67. The smallest absolute Gasteiger partial charge is 0.347 e. The van der Waals surface area contributed by atoms with Crippen LogP contribution in [0, 0.1) is 0 Å². The van der Waals surface area contributed by atoms with Gasteiger partial charge in [0.25, 0.3) is 0 Å². The third-order valence-electron chi connectivity index (χ3n) is 31.7. The molecule has 0 fully saturated rings. The van der Waals surface area contributed by atoms with Gasteiger partial charge in [-0.15, -0.1) is 11.3 Å². The molecule has 0 saturated heterocycles. The Morgan fingerprint density at radius 3 is 1.42 bits per heavy atom. The van der Waals surface area contributed by atoms with Crippen LogP contribution in [0.3, 0.4) is 0 Å². The number of imidazole rings is 1. The van der Waals surface area contributed by atoms with Crippen LogP contribution in [-0.4, -0.2) is 150 Å². The summed E-state index contributed by atoms with van der Waals surface area (Å²) >= 11 is 1.51. The highest BCUT2D eigenvalue weighted by Crippen LogP contribution is 2.57. The number of hydrogen-bond donors (Lipinski definition) is 5. The molecule has 3 aliphatic carbocycles. The van der Waals surface area contributed by atoms with Gasteiger partial charge in [0.15, 0.2) is 16.6 Å². The summed E-state index contributed by atoms with van der Waals surface area (Å²) in [6.45, 7) is 44.5. The van der Waals surface area contributed by atoms with Gasteiger partial charge in [-0.05, 0) is 218 Å². The molecule has 4 aliphatic heterocycles. The molecule has 16 aromatic rings. The first kappa shape index (κ1) is 102. The predicted octanol–water partition coefficient (Wildman–Crippen LogP) is 21.4. The monoisotopic (exact) mass is 2010 g/mol.